The third-order valence-electron chi connectivity index (χ3n) is 1.92. The zero-order chi connectivity index (χ0) is 11.8. The van der Waals surface area contributed by atoms with Gasteiger partial charge in [-0.2, -0.15) is 0 Å². The van der Waals surface area contributed by atoms with E-state index in [4.69, 9.17) is 10.5 Å². The van der Waals surface area contributed by atoms with Crippen LogP contribution in [0.25, 0.3) is 0 Å². The number of hydrogen-bond donors (Lipinski definition) is 1. The number of nitrogens with zero attached hydrogens (tertiary/aromatic N) is 1. The van der Waals surface area contributed by atoms with Crippen molar-refractivity contribution < 1.29 is 14.3 Å². The highest BCUT2D eigenvalue weighted by Gasteiger charge is 2.20. The Morgan fingerprint density at radius 1 is 1.60 bits per heavy atom. The SMILES string of the molecule is C=CCOC(=O)CC(N)C(=O)N(C)CC. The van der Waals surface area contributed by atoms with E-state index in [9.17, 15) is 9.59 Å². The lowest BCUT2D eigenvalue weighted by Gasteiger charge is -2.18. The average molecular weight is 214 g/mol. The van der Waals surface area contributed by atoms with Gasteiger partial charge in [0.15, 0.2) is 0 Å². The highest BCUT2D eigenvalue weighted by Crippen LogP contribution is 1.97. The van der Waals surface area contributed by atoms with Crippen molar-refractivity contribution in [2.24, 2.45) is 5.73 Å². The van der Waals surface area contributed by atoms with Crippen LogP contribution in [0.15, 0.2) is 12.7 Å². The summed E-state index contributed by atoms with van der Waals surface area (Å²) in [6, 6.07) is -0.827. The number of hydrogen-bond acceptors (Lipinski definition) is 4. The molecule has 0 radical (unpaired) electrons. The summed E-state index contributed by atoms with van der Waals surface area (Å²) in [7, 11) is 1.64. The number of amides is 1. The van der Waals surface area contributed by atoms with Gasteiger partial charge in [-0.25, -0.2) is 0 Å². The van der Waals surface area contributed by atoms with Gasteiger partial charge in [-0.05, 0) is 6.92 Å². The van der Waals surface area contributed by atoms with Gasteiger partial charge in [-0.15, -0.1) is 0 Å². The van der Waals surface area contributed by atoms with Gasteiger partial charge in [0, 0.05) is 13.6 Å². The third kappa shape index (κ3) is 5.17. The van der Waals surface area contributed by atoms with E-state index in [-0.39, 0.29) is 18.9 Å². The molecule has 0 heterocycles. The molecule has 0 spiro atoms. The van der Waals surface area contributed by atoms with E-state index in [0.29, 0.717) is 6.54 Å². The van der Waals surface area contributed by atoms with Crippen molar-refractivity contribution >= 4 is 11.9 Å². The van der Waals surface area contributed by atoms with Crippen LogP contribution in [0.1, 0.15) is 13.3 Å². The topological polar surface area (TPSA) is 72.6 Å². The summed E-state index contributed by atoms with van der Waals surface area (Å²) in [5, 5.41) is 0. The first-order valence-corrected chi connectivity index (χ1v) is 4.80. The number of esters is 1. The molecular weight excluding hydrogens is 196 g/mol. The standard InChI is InChI=1S/C10H18N2O3/c1-4-6-15-9(13)7-8(11)10(14)12(3)5-2/h4,8H,1,5-7,11H2,2-3H3. The summed E-state index contributed by atoms with van der Waals surface area (Å²) in [5.74, 6) is -0.742. The Labute approximate surface area is 89.9 Å². The van der Waals surface area contributed by atoms with Gasteiger partial charge in [0.2, 0.25) is 5.91 Å². The minimum Gasteiger partial charge on any atom is -0.461 e. The summed E-state index contributed by atoms with van der Waals surface area (Å²) in [6.45, 7) is 5.94. The van der Waals surface area contributed by atoms with E-state index < -0.39 is 12.0 Å². The first kappa shape index (κ1) is 13.6. The molecule has 86 valence electrons. The van der Waals surface area contributed by atoms with Crippen LogP contribution in [-0.4, -0.2) is 43.0 Å². The number of rotatable bonds is 6. The fraction of sp³-hybridized carbons (Fsp3) is 0.600. The Hall–Kier alpha value is -1.36. The molecule has 1 unspecified atom stereocenters. The molecule has 1 amide bonds. The van der Waals surface area contributed by atoms with Crippen LogP contribution in [-0.2, 0) is 14.3 Å². The molecule has 0 fully saturated rings. The molecule has 0 saturated carbocycles. The number of ether oxygens (including phenoxy) is 1. The smallest absolute Gasteiger partial charge is 0.308 e. The monoisotopic (exact) mass is 214 g/mol. The van der Waals surface area contributed by atoms with Crippen molar-refractivity contribution in [1.82, 2.24) is 4.90 Å². The first-order valence-electron chi connectivity index (χ1n) is 4.80. The summed E-state index contributed by atoms with van der Waals surface area (Å²) in [6.07, 6.45) is 1.36. The molecule has 0 saturated heterocycles. The van der Waals surface area contributed by atoms with Crippen molar-refractivity contribution in [2.75, 3.05) is 20.2 Å². The molecule has 0 bridgehead atoms. The molecule has 5 heteroatoms. The van der Waals surface area contributed by atoms with Crippen molar-refractivity contribution in [3.63, 3.8) is 0 Å². The minimum absolute atomic E-state index is 0.100. The summed E-state index contributed by atoms with van der Waals surface area (Å²) in [4.78, 5) is 24.0. The molecule has 0 aromatic heterocycles. The van der Waals surface area contributed by atoms with E-state index in [1.54, 1.807) is 7.05 Å². The Kier molecular flexibility index (Phi) is 6.37. The number of carbonyl (C=O) groups excluding carboxylic acids is 2. The van der Waals surface area contributed by atoms with Gasteiger partial charge in [-0.3, -0.25) is 9.59 Å². The van der Waals surface area contributed by atoms with Crippen molar-refractivity contribution in [2.45, 2.75) is 19.4 Å². The molecule has 0 aromatic carbocycles. The molecule has 0 aliphatic carbocycles. The summed E-state index contributed by atoms with van der Waals surface area (Å²) < 4.78 is 4.72. The maximum atomic E-state index is 11.5. The van der Waals surface area contributed by atoms with E-state index in [0.717, 1.165) is 0 Å². The maximum absolute atomic E-state index is 11.5. The Bertz CT molecular complexity index is 241. The second-order valence-electron chi connectivity index (χ2n) is 3.13. The molecule has 1 atom stereocenters. The van der Waals surface area contributed by atoms with Gasteiger partial charge in [0.05, 0.1) is 12.5 Å². The lowest BCUT2D eigenvalue weighted by atomic mass is 10.2. The van der Waals surface area contributed by atoms with Crippen LogP contribution >= 0.6 is 0 Å². The fourth-order valence-electron chi connectivity index (χ4n) is 0.917. The highest BCUT2D eigenvalue weighted by molar-refractivity contribution is 5.86. The van der Waals surface area contributed by atoms with Crippen LogP contribution in [0.4, 0.5) is 0 Å². The van der Waals surface area contributed by atoms with E-state index >= 15 is 0 Å². The summed E-state index contributed by atoms with van der Waals surface area (Å²) >= 11 is 0. The number of nitrogens with two attached hydrogens (primary N) is 1. The van der Waals surface area contributed by atoms with E-state index in [1.807, 2.05) is 6.92 Å². The van der Waals surface area contributed by atoms with Crippen LogP contribution in [0.5, 0.6) is 0 Å². The second-order valence-corrected chi connectivity index (χ2v) is 3.13. The van der Waals surface area contributed by atoms with Gasteiger partial charge in [-0.1, -0.05) is 12.7 Å². The average Bonchev–Trinajstić information content (AvgIpc) is 2.23. The lowest BCUT2D eigenvalue weighted by Crippen LogP contribution is -2.43. The Balaban J connectivity index is 4.01. The normalized spacial score (nSPS) is 11.7. The quantitative estimate of drug-likeness (QED) is 0.495. The molecule has 0 rings (SSSR count). The van der Waals surface area contributed by atoms with Crippen LogP contribution in [0, 0.1) is 0 Å². The van der Waals surface area contributed by atoms with E-state index in [2.05, 4.69) is 6.58 Å². The zero-order valence-corrected chi connectivity index (χ0v) is 9.23. The molecule has 15 heavy (non-hydrogen) atoms. The molecule has 0 aliphatic heterocycles. The van der Waals surface area contributed by atoms with E-state index in [1.165, 1.54) is 11.0 Å². The van der Waals surface area contributed by atoms with Crippen molar-refractivity contribution in [3.05, 3.63) is 12.7 Å². The highest BCUT2D eigenvalue weighted by atomic mass is 16.5. The van der Waals surface area contributed by atoms with Crippen LogP contribution < -0.4 is 5.73 Å². The number of likely N-dealkylation sites (N-methyl/N-ethyl adjacent to an activating group) is 1. The van der Waals surface area contributed by atoms with Crippen LogP contribution in [0.2, 0.25) is 0 Å². The molecular formula is C10H18N2O3. The van der Waals surface area contributed by atoms with Crippen molar-refractivity contribution in [3.8, 4) is 0 Å². The second kappa shape index (κ2) is 7.00. The molecule has 0 aromatic rings. The van der Waals surface area contributed by atoms with Gasteiger partial charge < -0.3 is 15.4 Å². The van der Waals surface area contributed by atoms with Crippen molar-refractivity contribution in [1.29, 1.82) is 0 Å². The largest absolute Gasteiger partial charge is 0.461 e. The third-order valence-corrected chi connectivity index (χ3v) is 1.92. The Morgan fingerprint density at radius 2 is 2.20 bits per heavy atom. The van der Waals surface area contributed by atoms with Gasteiger partial charge in [0.25, 0.3) is 0 Å². The first-order chi connectivity index (χ1) is 7.02. The van der Waals surface area contributed by atoms with Gasteiger partial charge in [0.1, 0.15) is 6.61 Å². The predicted octanol–water partition coefficient (Wildman–Crippen LogP) is -0.0887. The number of carbonyl (C=O) groups is 2. The maximum Gasteiger partial charge on any atom is 0.308 e. The summed E-state index contributed by atoms with van der Waals surface area (Å²) in [5.41, 5.74) is 5.55. The Morgan fingerprint density at radius 3 is 2.67 bits per heavy atom. The molecule has 2 N–H and O–H groups in total. The van der Waals surface area contributed by atoms with Crippen LogP contribution in [0.3, 0.4) is 0 Å². The fourth-order valence-corrected chi connectivity index (χ4v) is 0.917. The minimum atomic E-state index is -0.827. The molecule has 0 aliphatic rings. The predicted molar refractivity (Wildman–Crippen MR) is 57.1 cm³/mol. The molecule has 5 nitrogen and oxygen atoms in total. The zero-order valence-electron chi connectivity index (χ0n) is 9.23. The van der Waals surface area contributed by atoms with Gasteiger partial charge >= 0.3 is 5.97 Å². The lowest BCUT2D eigenvalue weighted by molar-refractivity contribution is -0.145.